The predicted molar refractivity (Wildman–Crippen MR) is 96.6 cm³/mol. The van der Waals surface area contributed by atoms with Crippen LogP contribution in [0.1, 0.15) is 39.2 Å². The molecule has 0 atom stereocenters. The molecule has 1 aromatic carbocycles. The molecule has 2 fully saturated rings. The van der Waals surface area contributed by atoms with Gasteiger partial charge in [0.15, 0.2) is 0 Å². The minimum absolute atomic E-state index is 0.0186. The Kier molecular flexibility index (Phi) is 4.46. The topological polar surface area (TPSA) is 83.7 Å². The van der Waals surface area contributed by atoms with Crippen molar-refractivity contribution in [3.05, 3.63) is 29.8 Å². The minimum atomic E-state index is -3.53. The van der Waals surface area contributed by atoms with Gasteiger partial charge in [0, 0.05) is 26.2 Å². The monoisotopic (exact) mass is 365 g/mol. The van der Waals surface area contributed by atoms with Crippen molar-refractivity contribution in [2.75, 3.05) is 26.2 Å². The second-order valence-electron chi connectivity index (χ2n) is 8.13. The van der Waals surface area contributed by atoms with Crippen molar-refractivity contribution in [3.8, 4) is 0 Å². The van der Waals surface area contributed by atoms with Crippen LogP contribution in [-0.4, -0.2) is 55.2 Å². The molecule has 138 valence electrons. The summed E-state index contributed by atoms with van der Waals surface area (Å²) in [6.45, 7) is 7.70. The van der Waals surface area contributed by atoms with E-state index in [0.29, 0.717) is 31.1 Å². The SMILES string of the molecule is CC(C)(C)c1ccc(S(=O)(=O)N2CCN(C(=O)C3(N)CC3)CC2)cc1. The highest BCUT2D eigenvalue weighted by Crippen LogP contribution is 2.34. The zero-order chi connectivity index (χ0) is 18.5. The number of amides is 1. The molecular weight excluding hydrogens is 338 g/mol. The van der Waals surface area contributed by atoms with E-state index in [1.807, 2.05) is 12.1 Å². The molecule has 1 amide bonds. The van der Waals surface area contributed by atoms with Crippen molar-refractivity contribution in [3.63, 3.8) is 0 Å². The summed E-state index contributed by atoms with van der Waals surface area (Å²) in [6.07, 6.45) is 1.45. The van der Waals surface area contributed by atoms with Crippen LogP contribution < -0.4 is 5.73 Å². The van der Waals surface area contributed by atoms with Crippen LogP contribution >= 0.6 is 0 Å². The molecule has 6 nitrogen and oxygen atoms in total. The van der Waals surface area contributed by atoms with Crippen molar-refractivity contribution < 1.29 is 13.2 Å². The summed E-state index contributed by atoms with van der Waals surface area (Å²) in [4.78, 5) is 14.3. The lowest BCUT2D eigenvalue weighted by molar-refractivity contribution is -0.134. The Morgan fingerprint density at radius 3 is 2.00 bits per heavy atom. The predicted octanol–water partition coefficient (Wildman–Crippen LogP) is 1.31. The van der Waals surface area contributed by atoms with Gasteiger partial charge < -0.3 is 10.6 Å². The van der Waals surface area contributed by atoms with Crippen molar-refractivity contribution in [2.45, 2.75) is 49.5 Å². The third-order valence-corrected chi connectivity index (χ3v) is 7.01. The van der Waals surface area contributed by atoms with Gasteiger partial charge in [-0.3, -0.25) is 4.79 Å². The Balaban J connectivity index is 1.68. The molecule has 0 radical (unpaired) electrons. The fourth-order valence-corrected chi connectivity index (χ4v) is 4.49. The summed E-state index contributed by atoms with van der Waals surface area (Å²) in [6, 6.07) is 7.09. The fraction of sp³-hybridized carbons (Fsp3) is 0.611. The summed E-state index contributed by atoms with van der Waals surface area (Å²) in [5, 5.41) is 0. The lowest BCUT2D eigenvalue weighted by Gasteiger charge is -2.35. The Morgan fingerprint density at radius 2 is 1.56 bits per heavy atom. The molecule has 0 spiro atoms. The Labute approximate surface area is 150 Å². The van der Waals surface area contributed by atoms with E-state index in [0.717, 1.165) is 18.4 Å². The lowest BCUT2D eigenvalue weighted by Crippen LogP contribution is -2.55. The van der Waals surface area contributed by atoms with Gasteiger partial charge in [-0.1, -0.05) is 32.9 Å². The molecular formula is C18H27N3O3S. The second-order valence-corrected chi connectivity index (χ2v) is 10.1. The number of nitrogens with two attached hydrogens (primary N) is 1. The molecule has 1 saturated heterocycles. The van der Waals surface area contributed by atoms with Crippen LogP contribution in [0.15, 0.2) is 29.2 Å². The molecule has 7 heteroatoms. The number of sulfonamides is 1. The summed E-state index contributed by atoms with van der Waals surface area (Å²) in [7, 11) is -3.53. The number of hydrogen-bond acceptors (Lipinski definition) is 4. The third kappa shape index (κ3) is 3.59. The molecule has 0 bridgehead atoms. The molecule has 0 aromatic heterocycles. The van der Waals surface area contributed by atoms with Gasteiger partial charge in [0.25, 0.3) is 0 Å². The smallest absolute Gasteiger partial charge is 0.243 e. The van der Waals surface area contributed by atoms with Gasteiger partial charge in [-0.25, -0.2) is 8.42 Å². The first-order valence-corrected chi connectivity index (χ1v) is 10.2. The van der Waals surface area contributed by atoms with Crippen LogP contribution in [0, 0.1) is 0 Å². The second kappa shape index (κ2) is 6.07. The Morgan fingerprint density at radius 1 is 1.04 bits per heavy atom. The maximum absolute atomic E-state index is 12.8. The number of benzene rings is 1. The molecule has 1 aromatic rings. The highest BCUT2D eigenvalue weighted by molar-refractivity contribution is 7.89. The number of piperazine rings is 1. The van der Waals surface area contributed by atoms with E-state index in [1.54, 1.807) is 17.0 Å². The van der Waals surface area contributed by atoms with E-state index >= 15 is 0 Å². The molecule has 2 aliphatic rings. The number of hydrogen-bond donors (Lipinski definition) is 1. The van der Waals surface area contributed by atoms with Crippen LogP contribution in [0.4, 0.5) is 0 Å². The number of nitrogens with zero attached hydrogens (tertiary/aromatic N) is 2. The summed E-state index contributed by atoms with van der Waals surface area (Å²) >= 11 is 0. The van der Waals surface area contributed by atoms with E-state index in [9.17, 15) is 13.2 Å². The average Bonchev–Trinajstić information content (AvgIpc) is 3.32. The van der Waals surface area contributed by atoms with Gasteiger partial charge in [0.2, 0.25) is 15.9 Å². The fourth-order valence-electron chi connectivity index (χ4n) is 3.07. The van der Waals surface area contributed by atoms with Crippen molar-refractivity contribution in [1.29, 1.82) is 0 Å². The van der Waals surface area contributed by atoms with Crippen molar-refractivity contribution in [1.82, 2.24) is 9.21 Å². The average molecular weight is 365 g/mol. The lowest BCUT2D eigenvalue weighted by atomic mass is 9.87. The van der Waals surface area contributed by atoms with Gasteiger partial charge in [-0.15, -0.1) is 0 Å². The zero-order valence-electron chi connectivity index (χ0n) is 15.2. The maximum atomic E-state index is 12.8. The van der Waals surface area contributed by atoms with Gasteiger partial charge in [-0.05, 0) is 36.0 Å². The van der Waals surface area contributed by atoms with Gasteiger partial charge in [0.1, 0.15) is 0 Å². The Hall–Kier alpha value is -1.44. The molecule has 1 saturated carbocycles. The summed E-state index contributed by atoms with van der Waals surface area (Å²) in [5.74, 6) is -0.0425. The summed E-state index contributed by atoms with van der Waals surface area (Å²) < 4.78 is 27.1. The van der Waals surface area contributed by atoms with Crippen LogP contribution in [-0.2, 0) is 20.2 Å². The van der Waals surface area contributed by atoms with E-state index < -0.39 is 15.6 Å². The normalized spacial score (nSPS) is 21.2. The van der Waals surface area contributed by atoms with Crippen molar-refractivity contribution in [2.24, 2.45) is 5.73 Å². The van der Waals surface area contributed by atoms with E-state index in [1.165, 1.54) is 4.31 Å². The van der Waals surface area contributed by atoms with Gasteiger partial charge in [0.05, 0.1) is 10.4 Å². The van der Waals surface area contributed by atoms with E-state index in [2.05, 4.69) is 20.8 Å². The molecule has 2 N–H and O–H groups in total. The third-order valence-electron chi connectivity index (χ3n) is 5.10. The Bertz CT molecular complexity index is 754. The zero-order valence-corrected chi connectivity index (χ0v) is 16.0. The van der Waals surface area contributed by atoms with Gasteiger partial charge >= 0.3 is 0 Å². The number of rotatable bonds is 3. The highest BCUT2D eigenvalue weighted by atomic mass is 32.2. The maximum Gasteiger partial charge on any atom is 0.243 e. The molecule has 1 heterocycles. The highest BCUT2D eigenvalue weighted by Gasteiger charge is 2.48. The standard InChI is InChI=1S/C18H27N3O3S/c1-17(2,3)14-4-6-15(7-5-14)25(23,24)21-12-10-20(11-13-21)16(22)18(19)8-9-18/h4-7H,8-13,19H2,1-3H3. The van der Waals surface area contributed by atoms with Gasteiger partial charge in [-0.2, -0.15) is 4.31 Å². The molecule has 1 aliphatic carbocycles. The largest absolute Gasteiger partial charge is 0.338 e. The first kappa shape index (κ1) is 18.4. The van der Waals surface area contributed by atoms with Crippen LogP contribution in [0.3, 0.4) is 0 Å². The first-order valence-electron chi connectivity index (χ1n) is 8.73. The van der Waals surface area contributed by atoms with E-state index in [-0.39, 0.29) is 11.3 Å². The minimum Gasteiger partial charge on any atom is -0.338 e. The molecule has 0 unspecified atom stereocenters. The molecule has 3 rings (SSSR count). The van der Waals surface area contributed by atoms with Crippen LogP contribution in [0.25, 0.3) is 0 Å². The van der Waals surface area contributed by atoms with Crippen molar-refractivity contribution >= 4 is 15.9 Å². The molecule has 1 aliphatic heterocycles. The van der Waals surface area contributed by atoms with Crippen LogP contribution in [0.5, 0.6) is 0 Å². The quantitative estimate of drug-likeness (QED) is 0.875. The first-order chi connectivity index (χ1) is 11.5. The molecule has 25 heavy (non-hydrogen) atoms. The number of carbonyl (C=O) groups excluding carboxylic acids is 1. The summed E-state index contributed by atoms with van der Waals surface area (Å²) in [5.41, 5.74) is 6.35. The number of carbonyl (C=O) groups is 1. The van der Waals surface area contributed by atoms with E-state index in [4.69, 9.17) is 5.73 Å². The van der Waals surface area contributed by atoms with Crippen LogP contribution in [0.2, 0.25) is 0 Å².